The van der Waals surface area contributed by atoms with Gasteiger partial charge in [-0.2, -0.15) is 0 Å². The number of aryl methyl sites for hydroxylation is 1. The predicted octanol–water partition coefficient (Wildman–Crippen LogP) is 1.37. The molecule has 5 nitrogen and oxygen atoms in total. The normalized spacial score (nSPS) is 10.7. The third-order valence-electron chi connectivity index (χ3n) is 2.65. The number of amides is 1. The molecule has 1 aromatic rings. The van der Waals surface area contributed by atoms with Crippen LogP contribution in [0.15, 0.2) is 5.16 Å². The van der Waals surface area contributed by atoms with E-state index < -0.39 is 0 Å². The van der Waals surface area contributed by atoms with Crippen LogP contribution in [-0.2, 0) is 16.1 Å². The van der Waals surface area contributed by atoms with Crippen LogP contribution in [-0.4, -0.2) is 41.5 Å². The van der Waals surface area contributed by atoms with Crippen LogP contribution in [0.25, 0.3) is 0 Å². The fraction of sp³-hybridized carbons (Fsp3) is 0.667. The van der Waals surface area contributed by atoms with Gasteiger partial charge in [0.2, 0.25) is 5.91 Å². The van der Waals surface area contributed by atoms with Crippen LogP contribution in [0.2, 0.25) is 0 Å². The van der Waals surface area contributed by atoms with E-state index in [-0.39, 0.29) is 5.91 Å². The summed E-state index contributed by atoms with van der Waals surface area (Å²) < 4.78 is 7.19. The molecule has 1 N–H and O–H groups in total. The highest BCUT2D eigenvalue weighted by Crippen LogP contribution is 2.20. The number of carbonyl (C=O) groups is 1. The topological polar surface area (TPSA) is 56.2 Å². The van der Waals surface area contributed by atoms with Crippen molar-refractivity contribution in [1.82, 2.24) is 14.9 Å². The molecule has 0 aliphatic rings. The molecule has 102 valence electrons. The Hall–Kier alpha value is -1.01. The molecule has 0 fully saturated rings. The van der Waals surface area contributed by atoms with Crippen molar-refractivity contribution >= 4 is 17.7 Å². The van der Waals surface area contributed by atoms with Crippen molar-refractivity contribution in [3.05, 3.63) is 11.4 Å². The Morgan fingerprint density at radius 3 is 2.83 bits per heavy atom. The maximum absolute atomic E-state index is 11.4. The first kappa shape index (κ1) is 15.0. The van der Waals surface area contributed by atoms with Crippen LogP contribution < -0.4 is 5.32 Å². The Labute approximate surface area is 112 Å². The maximum atomic E-state index is 11.4. The summed E-state index contributed by atoms with van der Waals surface area (Å²) in [4.78, 5) is 15.9. The first-order valence-corrected chi connectivity index (χ1v) is 7.00. The first-order chi connectivity index (χ1) is 8.60. The summed E-state index contributed by atoms with van der Waals surface area (Å²) in [5, 5.41) is 3.66. The van der Waals surface area contributed by atoms with Crippen LogP contribution in [0.3, 0.4) is 0 Å². The van der Waals surface area contributed by atoms with E-state index in [1.807, 2.05) is 20.8 Å². The zero-order valence-corrected chi connectivity index (χ0v) is 12.3. The number of rotatable bonds is 7. The second-order valence-electron chi connectivity index (χ2n) is 3.95. The summed E-state index contributed by atoms with van der Waals surface area (Å²) in [6.07, 6.45) is 0. The minimum Gasteiger partial charge on any atom is -0.383 e. The van der Waals surface area contributed by atoms with Crippen molar-refractivity contribution in [3.63, 3.8) is 0 Å². The molecule has 0 spiro atoms. The lowest BCUT2D eigenvalue weighted by molar-refractivity contribution is -0.118. The Kier molecular flexibility index (Phi) is 6.21. The molecule has 0 radical (unpaired) electrons. The molecular formula is C12H21N3O2S. The minimum absolute atomic E-state index is 0.0408. The number of imidazole rings is 1. The molecule has 0 saturated heterocycles. The Morgan fingerprint density at radius 1 is 1.50 bits per heavy atom. The van der Waals surface area contributed by atoms with Gasteiger partial charge in [-0.3, -0.25) is 4.79 Å². The third kappa shape index (κ3) is 4.03. The number of hydrogen-bond acceptors (Lipinski definition) is 4. The summed E-state index contributed by atoms with van der Waals surface area (Å²) >= 11 is 1.46. The standard InChI is InChI=1S/C12H21N3O2S/c1-5-13-11(16)8-18-12-14-9(2)10(3)15(12)6-7-17-4/h5-8H2,1-4H3,(H,13,16). The van der Waals surface area contributed by atoms with Crippen LogP contribution in [0.4, 0.5) is 0 Å². The lowest BCUT2D eigenvalue weighted by Crippen LogP contribution is -2.24. The van der Waals surface area contributed by atoms with E-state index in [9.17, 15) is 4.79 Å². The molecule has 1 amide bonds. The molecule has 1 aromatic heterocycles. The van der Waals surface area contributed by atoms with Crippen molar-refractivity contribution in [1.29, 1.82) is 0 Å². The van der Waals surface area contributed by atoms with E-state index in [2.05, 4.69) is 14.9 Å². The van der Waals surface area contributed by atoms with Gasteiger partial charge in [0.25, 0.3) is 0 Å². The van der Waals surface area contributed by atoms with Crippen LogP contribution >= 0.6 is 11.8 Å². The highest BCUT2D eigenvalue weighted by atomic mass is 32.2. The fourth-order valence-corrected chi connectivity index (χ4v) is 2.51. The largest absolute Gasteiger partial charge is 0.383 e. The Bertz CT molecular complexity index is 404. The second kappa shape index (κ2) is 7.43. The average molecular weight is 271 g/mol. The van der Waals surface area contributed by atoms with Gasteiger partial charge in [0.15, 0.2) is 5.16 Å². The number of methoxy groups -OCH3 is 1. The van der Waals surface area contributed by atoms with E-state index in [4.69, 9.17) is 4.74 Å². The quantitative estimate of drug-likeness (QED) is 0.761. The van der Waals surface area contributed by atoms with E-state index in [0.717, 1.165) is 23.1 Å². The van der Waals surface area contributed by atoms with Crippen LogP contribution in [0, 0.1) is 13.8 Å². The fourth-order valence-electron chi connectivity index (χ4n) is 1.56. The Morgan fingerprint density at radius 2 is 2.22 bits per heavy atom. The number of nitrogens with one attached hydrogen (secondary N) is 1. The number of nitrogens with zero attached hydrogens (tertiary/aromatic N) is 2. The molecule has 0 saturated carbocycles. The SMILES string of the molecule is CCNC(=O)CSc1nc(C)c(C)n1CCOC. The zero-order valence-electron chi connectivity index (χ0n) is 11.4. The summed E-state index contributed by atoms with van der Waals surface area (Å²) in [5.74, 6) is 0.440. The third-order valence-corrected chi connectivity index (χ3v) is 3.62. The van der Waals surface area contributed by atoms with Crippen molar-refractivity contribution in [2.75, 3.05) is 26.0 Å². The molecule has 18 heavy (non-hydrogen) atoms. The van der Waals surface area contributed by atoms with Gasteiger partial charge in [-0.15, -0.1) is 0 Å². The van der Waals surface area contributed by atoms with E-state index >= 15 is 0 Å². The highest BCUT2D eigenvalue weighted by molar-refractivity contribution is 7.99. The predicted molar refractivity (Wildman–Crippen MR) is 73.0 cm³/mol. The van der Waals surface area contributed by atoms with Crippen molar-refractivity contribution in [2.24, 2.45) is 0 Å². The summed E-state index contributed by atoms with van der Waals surface area (Å²) in [7, 11) is 1.68. The van der Waals surface area contributed by atoms with Gasteiger partial charge in [-0.25, -0.2) is 4.98 Å². The van der Waals surface area contributed by atoms with Gasteiger partial charge in [-0.05, 0) is 20.8 Å². The summed E-state index contributed by atoms with van der Waals surface area (Å²) in [6.45, 7) is 8.00. The number of ether oxygens (including phenoxy) is 1. The molecule has 0 aliphatic carbocycles. The molecule has 6 heteroatoms. The van der Waals surface area contributed by atoms with Gasteiger partial charge < -0.3 is 14.6 Å². The average Bonchev–Trinajstić information content (AvgIpc) is 2.61. The van der Waals surface area contributed by atoms with Crippen LogP contribution in [0.1, 0.15) is 18.3 Å². The molecule has 1 rings (SSSR count). The lowest BCUT2D eigenvalue weighted by atomic mass is 10.4. The molecule has 0 aromatic carbocycles. The van der Waals surface area contributed by atoms with Crippen LogP contribution in [0.5, 0.6) is 0 Å². The monoisotopic (exact) mass is 271 g/mol. The zero-order chi connectivity index (χ0) is 13.5. The summed E-state index contributed by atoms with van der Waals surface area (Å²) in [5.41, 5.74) is 2.13. The number of aromatic nitrogens is 2. The molecule has 0 atom stereocenters. The van der Waals surface area contributed by atoms with Gasteiger partial charge in [0.1, 0.15) is 0 Å². The maximum Gasteiger partial charge on any atom is 0.230 e. The lowest BCUT2D eigenvalue weighted by Gasteiger charge is -2.09. The van der Waals surface area contributed by atoms with E-state index in [1.165, 1.54) is 11.8 Å². The van der Waals surface area contributed by atoms with Gasteiger partial charge >= 0.3 is 0 Å². The van der Waals surface area contributed by atoms with Crippen molar-refractivity contribution in [3.8, 4) is 0 Å². The number of carbonyl (C=O) groups excluding carboxylic acids is 1. The van der Waals surface area contributed by atoms with E-state index in [1.54, 1.807) is 7.11 Å². The molecular weight excluding hydrogens is 250 g/mol. The number of thioether (sulfide) groups is 1. The van der Waals surface area contributed by atoms with Gasteiger partial charge in [-0.1, -0.05) is 11.8 Å². The van der Waals surface area contributed by atoms with Crippen molar-refractivity contribution < 1.29 is 9.53 Å². The highest BCUT2D eigenvalue weighted by Gasteiger charge is 2.12. The summed E-state index contributed by atoms with van der Waals surface area (Å²) in [6, 6.07) is 0. The molecule has 0 unspecified atom stereocenters. The molecule has 0 bridgehead atoms. The second-order valence-corrected chi connectivity index (χ2v) is 4.89. The number of hydrogen-bond donors (Lipinski definition) is 1. The molecule has 0 aliphatic heterocycles. The Balaban J connectivity index is 2.69. The first-order valence-electron chi connectivity index (χ1n) is 6.02. The molecule has 1 heterocycles. The van der Waals surface area contributed by atoms with E-state index in [0.29, 0.717) is 18.9 Å². The van der Waals surface area contributed by atoms with Gasteiger partial charge in [0, 0.05) is 25.9 Å². The minimum atomic E-state index is 0.0408. The van der Waals surface area contributed by atoms with Crippen molar-refractivity contribution in [2.45, 2.75) is 32.5 Å². The van der Waals surface area contributed by atoms with Gasteiger partial charge in [0.05, 0.1) is 18.1 Å². The smallest absolute Gasteiger partial charge is 0.230 e.